The van der Waals surface area contributed by atoms with Gasteiger partial charge in [0.05, 0.1) is 30.2 Å². The largest absolute Gasteiger partial charge is 0.416 e. The number of carbonyl (C=O) groups excluding carboxylic acids is 1. The number of halogens is 5. The van der Waals surface area contributed by atoms with Crippen LogP contribution in [0.15, 0.2) is 57.9 Å². The first-order valence-corrected chi connectivity index (χ1v) is 12.3. The average Bonchev–Trinajstić information content (AvgIpc) is 3.24. The normalized spacial score (nSPS) is 21.3. The first kappa shape index (κ1) is 27.5. The van der Waals surface area contributed by atoms with Gasteiger partial charge in [-0.3, -0.25) is 15.2 Å². The van der Waals surface area contributed by atoms with Gasteiger partial charge in [0.15, 0.2) is 0 Å². The molecule has 212 valence electrons. The molecule has 0 spiro atoms. The zero-order valence-electron chi connectivity index (χ0n) is 21.0. The van der Waals surface area contributed by atoms with Crippen molar-refractivity contribution < 1.29 is 31.5 Å². The number of nitrogens with zero attached hydrogens (tertiary/aromatic N) is 5. The highest BCUT2D eigenvalue weighted by Gasteiger charge is 2.45. The number of benzene rings is 1. The molecule has 3 aliphatic rings. The molecule has 40 heavy (non-hydrogen) atoms. The lowest BCUT2D eigenvalue weighted by Gasteiger charge is -2.32. The number of aromatic nitrogens is 1. The lowest BCUT2D eigenvalue weighted by molar-refractivity contribution is -0.137. The van der Waals surface area contributed by atoms with Gasteiger partial charge in [0.25, 0.3) is 0 Å². The number of alkyl halides is 4. The Kier molecular flexibility index (Phi) is 7.67. The lowest BCUT2D eigenvalue weighted by Crippen LogP contribution is -2.46. The van der Waals surface area contributed by atoms with E-state index in [9.17, 15) is 22.4 Å². The molecule has 2 aromatic rings. The Bertz CT molecular complexity index is 1370. The van der Waals surface area contributed by atoms with Crippen LogP contribution in [0.4, 0.5) is 38.3 Å². The Hall–Kier alpha value is -4.11. The summed E-state index contributed by atoms with van der Waals surface area (Å²) in [6, 6.07) is 3.70. The van der Waals surface area contributed by atoms with Gasteiger partial charge in [0.1, 0.15) is 36.5 Å². The summed E-state index contributed by atoms with van der Waals surface area (Å²) in [7, 11) is 0. The first-order valence-electron chi connectivity index (χ1n) is 12.3. The molecule has 4 N–H and O–H groups in total. The summed E-state index contributed by atoms with van der Waals surface area (Å²) in [5, 5.41) is 10.4. The number of amidine groups is 1. The number of pyridine rings is 1. The Balaban J connectivity index is 1.37. The maximum Gasteiger partial charge on any atom is 0.416 e. The van der Waals surface area contributed by atoms with E-state index in [1.54, 1.807) is 5.01 Å². The minimum Gasteiger partial charge on any atom is -0.385 e. The number of hydrazone groups is 1. The fraction of sp³-hybridized carbons (Fsp3) is 0.360. The van der Waals surface area contributed by atoms with Gasteiger partial charge in [-0.1, -0.05) is 6.07 Å². The van der Waals surface area contributed by atoms with Gasteiger partial charge < -0.3 is 15.8 Å². The van der Waals surface area contributed by atoms with E-state index >= 15 is 4.39 Å². The highest BCUT2D eigenvalue weighted by Crippen LogP contribution is 2.43. The van der Waals surface area contributed by atoms with Crippen molar-refractivity contribution in [1.82, 2.24) is 14.9 Å². The third-order valence-corrected chi connectivity index (χ3v) is 6.84. The number of ether oxygens (including phenoxy) is 1. The van der Waals surface area contributed by atoms with Crippen molar-refractivity contribution in [2.75, 3.05) is 50.2 Å². The number of morpholine rings is 1. The van der Waals surface area contributed by atoms with Crippen LogP contribution in [0.5, 0.6) is 0 Å². The van der Waals surface area contributed by atoms with E-state index in [2.05, 4.69) is 30.6 Å². The van der Waals surface area contributed by atoms with Crippen molar-refractivity contribution in [1.29, 1.82) is 0 Å². The summed E-state index contributed by atoms with van der Waals surface area (Å²) in [6.45, 7) is 1.99. The van der Waals surface area contributed by atoms with Crippen molar-refractivity contribution in [3.05, 3.63) is 64.7 Å². The van der Waals surface area contributed by atoms with Crippen LogP contribution in [0.1, 0.15) is 17.0 Å². The number of nitrogens with one attached hydrogen (secondary N) is 2. The SMILES string of the molecule is NC1=NC=NN2C(CN3CCOCC3)=C(CF)C(c3ccc(NC(=O)Nc4cc(C(F)(F)F)ccn4)c(F)c3)C12. The quantitative estimate of drug-likeness (QED) is 0.462. The topological polar surface area (TPSA) is 120 Å². The third kappa shape index (κ3) is 5.60. The molecular formula is C25H25F5N8O2. The molecule has 3 aliphatic heterocycles. The van der Waals surface area contributed by atoms with Crippen LogP contribution in [0.25, 0.3) is 0 Å². The van der Waals surface area contributed by atoms with Crippen molar-refractivity contribution in [2.24, 2.45) is 15.8 Å². The van der Waals surface area contributed by atoms with Crippen molar-refractivity contribution >= 4 is 29.7 Å². The molecule has 1 aromatic carbocycles. The molecule has 1 saturated heterocycles. The number of carbonyl (C=O) groups is 1. The number of aliphatic imine (C=N–C) groups is 1. The summed E-state index contributed by atoms with van der Waals surface area (Å²) in [5.41, 5.74) is 6.35. The Morgan fingerprint density at radius 2 is 1.93 bits per heavy atom. The number of rotatable bonds is 6. The minimum absolute atomic E-state index is 0.193. The highest BCUT2D eigenvalue weighted by molar-refractivity contribution is 5.99. The molecule has 2 amide bonds. The number of hydrogen-bond donors (Lipinski definition) is 3. The number of hydrogen-bond acceptors (Lipinski definition) is 8. The number of nitrogens with two attached hydrogens (primary N) is 1. The molecule has 0 aliphatic carbocycles. The van der Waals surface area contributed by atoms with E-state index in [1.165, 1.54) is 18.5 Å². The van der Waals surface area contributed by atoms with Crippen molar-refractivity contribution in [2.45, 2.75) is 18.1 Å². The maximum absolute atomic E-state index is 15.2. The van der Waals surface area contributed by atoms with E-state index in [4.69, 9.17) is 10.5 Å². The fourth-order valence-corrected chi connectivity index (χ4v) is 4.95. The number of anilines is 2. The molecule has 5 rings (SSSR count). The summed E-state index contributed by atoms with van der Waals surface area (Å²) < 4.78 is 74.0. The molecule has 15 heteroatoms. The van der Waals surface area contributed by atoms with Crippen LogP contribution in [0.2, 0.25) is 0 Å². The van der Waals surface area contributed by atoms with Crippen LogP contribution < -0.4 is 16.4 Å². The number of fused-ring (bicyclic) bond motifs is 1. The van der Waals surface area contributed by atoms with Gasteiger partial charge in [-0.05, 0) is 35.4 Å². The van der Waals surface area contributed by atoms with Crippen LogP contribution in [-0.4, -0.2) is 78.7 Å². The third-order valence-electron chi connectivity index (χ3n) is 6.84. The zero-order chi connectivity index (χ0) is 28.4. The summed E-state index contributed by atoms with van der Waals surface area (Å²) >= 11 is 0. The Morgan fingerprint density at radius 3 is 2.62 bits per heavy atom. The van der Waals surface area contributed by atoms with Gasteiger partial charge in [-0.2, -0.15) is 18.3 Å². The van der Waals surface area contributed by atoms with Gasteiger partial charge >= 0.3 is 12.2 Å². The minimum atomic E-state index is -4.62. The second-order valence-electron chi connectivity index (χ2n) is 9.29. The maximum atomic E-state index is 15.2. The average molecular weight is 565 g/mol. The molecule has 4 heterocycles. The summed E-state index contributed by atoms with van der Waals surface area (Å²) in [5.74, 6) is -1.72. The number of urea groups is 1. The van der Waals surface area contributed by atoms with Gasteiger partial charge in [-0.15, -0.1) is 0 Å². The molecule has 0 bridgehead atoms. The predicted octanol–water partition coefficient (Wildman–Crippen LogP) is 3.52. The molecule has 1 fully saturated rings. The molecular weight excluding hydrogens is 539 g/mol. The summed E-state index contributed by atoms with van der Waals surface area (Å²) in [6.07, 6.45) is -2.44. The van der Waals surface area contributed by atoms with Crippen molar-refractivity contribution in [3.63, 3.8) is 0 Å². The van der Waals surface area contributed by atoms with E-state index in [-0.39, 0.29) is 17.3 Å². The van der Waals surface area contributed by atoms with E-state index < -0.39 is 42.2 Å². The van der Waals surface area contributed by atoms with E-state index in [0.717, 1.165) is 18.3 Å². The van der Waals surface area contributed by atoms with Crippen LogP contribution in [-0.2, 0) is 10.9 Å². The number of amides is 2. The predicted molar refractivity (Wildman–Crippen MR) is 137 cm³/mol. The second kappa shape index (κ2) is 11.2. The van der Waals surface area contributed by atoms with E-state index in [1.807, 2.05) is 0 Å². The van der Waals surface area contributed by atoms with E-state index in [0.29, 0.717) is 55.7 Å². The smallest absolute Gasteiger partial charge is 0.385 e. The molecule has 2 unspecified atom stereocenters. The van der Waals surface area contributed by atoms with Gasteiger partial charge in [0, 0.05) is 31.7 Å². The van der Waals surface area contributed by atoms with Gasteiger partial charge in [0.2, 0.25) is 0 Å². The Labute approximate surface area is 225 Å². The molecule has 0 radical (unpaired) electrons. The molecule has 10 nitrogen and oxygen atoms in total. The van der Waals surface area contributed by atoms with Crippen LogP contribution in [0.3, 0.4) is 0 Å². The second-order valence-corrected chi connectivity index (χ2v) is 9.29. The van der Waals surface area contributed by atoms with Crippen LogP contribution >= 0.6 is 0 Å². The monoisotopic (exact) mass is 564 g/mol. The molecule has 1 aromatic heterocycles. The standard InChI is InChI=1S/C25H25F5N8O2/c26-11-16-19(12-37-5-7-40-8-6-37)38-22(23(31)33-13-34-38)21(16)14-1-2-18(17(27)9-14)35-24(39)36-20-10-15(3-4-32-20)25(28,29)30/h1-4,9-10,13,21-22H,5-8,11-12H2,(H2,31,33,34)(H2,32,35,36,39). The van der Waals surface area contributed by atoms with Crippen LogP contribution in [0, 0.1) is 5.82 Å². The van der Waals surface area contributed by atoms with Crippen molar-refractivity contribution in [3.8, 4) is 0 Å². The van der Waals surface area contributed by atoms with Gasteiger partial charge in [-0.25, -0.2) is 23.6 Å². The summed E-state index contributed by atoms with van der Waals surface area (Å²) in [4.78, 5) is 22.2. The zero-order valence-corrected chi connectivity index (χ0v) is 21.0. The molecule has 0 saturated carbocycles. The fourth-order valence-electron chi connectivity index (χ4n) is 4.95. The Morgan fingerprint density at radius 1 is 1.15 bits per heavy atom. The molecule has 2 atom stereocenters. The first-order chi connectivity index (χ1) is 19.2. The highest BCUT2D eigenvalue weighted by atomic mass is 19.4. The lowest BCUT2D eigenvalue weighted by atomic mass is 9.86.